The molecule has 1 aliphatic rings. The van der Waals surface area contributed by atoms with Crippen LogP contribution in [0, 0.1) is 18.7 Å². The summed E-state index contributed by atoms with van der Waals surface area (Å²) in [5.41, 5.74) is 4.57. The Kier molecular flexibility index (Phi) is 5.98. The third-order valence-corrected chi connectivity index (χ3v) is 7.31. The van der Waals surface area contributed by atoms with Gasteiger partial charge in [-0.25, -0.2) is 9.07 Å². The van der Waals surface area contributed by atoms with Gasteiger partial charge in [0.1, 0.15) is 11.5 Å². The lowest BCUT2D eigenvalue weighted by Gasteiger charge is -2.29. The number of fused-ring (bicyclic) bond motifs is 1. The molecule has 0 bridgehead atoms. The number of amides is 2. The van der Waals surface area contributed by atoms with Crippen molar-refractivity contribution < 1.29 is 14.0 Å². The first-order chi connectivity index (χ1) is 18.8. The van der Waals surface area contributed by atoms with Crippen molar-refractivity contribution in [3.05, 3.63) is 108 Å². The van der Waals surface area contributed by atoms with Gasteiger partial charge < -0.3 is 10.2 Å². The van der Waals surface area contributed by atoms with Gasteiger partial charge in [0, 0.05) is 24.3 Å². The fraction of sp³-hybridized carbons (Fsp3) is 0.200. The van der Waals surface area contributed by atoms with Gasteiger partial charge in [-0.2, -0.15) is 10.2 Å². The van der Waals surface area contributed by atoms with Gasteiger partial charge >= 0.3 is 0 Å². The van der Waals surface area contributed by atoms with Crippen LogP contribution in [-0.2, 0) is 11.8 Å². The number of rotatable bonds is 5. The number of benzene rings is 3. The van der Waals surface area contributed by atoms with Crippen molar-refractivity contribution in [2.75, 3.05) is 4.90 Å². The quantitative estimate of drug-likeness (QED) is 0.362. The number of nitrogens with one attached hydrogen (secondary N) is 1. The third kappa shape index (κ3) is 4.35. The van der Waals surface area contributed by atoms with Crippen molar-refractivity contribution in [1.82, 2.24) is 24.9 Å². The molecule has 196 valence electrons. The van der Waals surface area contributed by atoms with E-state index in [9.17, 15) is 14.0 Å². The fourth-order valence-electron chi connectivity index (χ4n) is 5.37. The van der Waals surface area contributed by atoms with Crippen LogP contribution in [0.25, 0.3) is 16.6 Å². The van der Waals surface area contributed by atoms with E-state index in [1.54, 1.807) is 51.9 Å². The van der Waals surface area contributed by atoms with Gasteiger partial charge in [0.2, 0.25) is 5.91 Å². The second-order valence-corrected chi connectivity index (χ2v) is 10.0. The van der Waals surface area contributed by atoms with Crippen LogP contribution in [0.5, 0.6) is 0 Å². The zero-order valence-corrected chi connectivity index (χ0v) is 21.7. The van der Waals surface area contributed by atoms with E-state index in [1.807, 2.05) is 56.3 Å². The maximum atomic E-state index is 13.8. The molecule has 2 aromatic heterocycles. The first-order valence-electron chi connectivity index (χ1n) is 12.7. The molecule has 0 aliphatic carbocycles. The number of halogens is 1. The molecule has 0 spiro atoms. The minimum atomic E-state index is -0.480. The highest BCUT2D eigenvalue weighted by Crippen LogP contribution is 2.41. The van der Waals surface area contributed by atoms with Crippen LogP contribution in [0.3, 0.4) is 0 Å². The van der Waals surface area contributed by atoms with E-state index in [0.29, 0.717) is 11.4 Å². The number of carbonyl (C=O) groups excluding carboxylic acids is 2. The summed E-state index contributed by atoms with van der Waals surface area (Å²) < 4.78 is 16.8. The zero-order valence-electron chi connectivity index (χ0n) is 21.7. The van der Waals surface area contributed by atoms with E-state index in [1.165, 1.54) is 12.1 Å². The van der Waals surface area contributed by atoms with Crippen molar-refractivity contribution in [2.24, 2.45) is 13.0 Å². The molecule has 6 rings (SSSR count). The Balaban J connectivity index is 1.41. The summed E-state index contributed by atoms with van der Waals surface area (Å²) in [7, 11) is 1.75. The van der Waals surface area contributed by atoms with Crippen LogP contribution in [0.2, 0.25) is 0 Å². The summed E-state index contributed by atoms with van der Waals surface area (Å²) >= 11 is 0. The van der Waals surface area contributed by atoms with Crippen LogP contribution in [0.15, 0.2) is 85.2 Å². The number of carbonyl (C=O) groups is 2. The summed E-state index contributed by atoms with van der Waals surface area (Å²) in [5, 5.41) is 12.7. The number of hydrogen-bond acceptors (Lipinski definition) is 4. The topological polar surface area (TPSA) is 85.1 Å². The van der Waals surface area contributed by atoms with Crippen LogP contribution >= 0.6 is 0 Å². The molecular weight excluding hydrogens is 495 g/mol. The van der Waals surface area contributed by atoms with Gasteiger partial charge in [0.25, 0.3) is 5.91 Å². The van der Waals surface area contributed by atoms with Crippen molar-refractivity contribution in [2.45, 2.75) is 25.9 Å². The maximum absolute atomic E-state index is 13.8. The molecule has 3 aromatic carbocycles. The minimum absolute atomic E-state index is 0.0851. The van der Waals surface area contributed by atoms with Crippen molar-refractivity contribution in [3.8, 4) is 5.69 Å². The molecule has 1 saturated heterocycles. The van der Waals surface area contributed by atoms with E-state index in [4.69, 9.17) is 0 Å². The third-order valence-electron chi connectivity index (χ3n) is 7.31. The Morgan fingerprint density at radius 2 is 1.77 bits per heavy atom. The highest BCUT2D eigenvalue weighted by atomic mass is 19.1. The average Bonchev–Trinajstić information content (AvgIpc) is 3.61. The fourth-order valence-corrected chi connectivity index (χ4v) is 5.37. The summed E-state index contributed by atoms with van der Waals surface area (Å²) in [6.07, 6.45) is 3.44. The van der Waals surface area contributed by atoms with Crippen molar-refractivity contribution in [1.29, 1.82) is 0 Å². The summed E-state index contributed by atoms with van der Waals surface area (Å²) in [6, 6.07) is 20.6. The average molecular weight is 523 g/mol. The van der Waals surface area contributed by atoms with Gasteiger partial charge in [0.05, 0.1) is 35.4 Å². The summed E-state index contributed by atoms with van der Waals surface area (Å²) in [5.74, 6) is -1.19. The van der Waals surface area contributed by atoms with E-state index in [2.05, 4.69) is 15.5 Å². The summed E-state index contributed by atoms with van der Waals surface area (Å²) in [4.78, 5) is 28.7. The smallest absolute Gasteiger partial charge is 0.272 e. The molecule has 8 nitrogen and oxygen atoms in total. The van der Waals surface area contributed by atoms with Crippen LogP contribution in [0.1, 0.15) is 34.6 Å². The van der Waals surface area contributed by atoms with Crippen molar-refractivity contribution in [3.63, 3.8) is 0 Å². The van der Waals surface area contributed by atoms with Gasteiger partial charge in [-0.05, 0) is 61.0 Å². The highest BCUT2D eigenvalue weighted by molar-refractivity contribution is 6.02. The van der Waals surface area contributed by atoms with Gasteiger partial charge in [-0.1, -0.05) is 36.8 Å². The molecule has 3 heterocycles. The molecule has 39 heavy (non-hydrogen) atoms. The van der Waals surface area contributed by atoms with Crippen molar-refractivity contribution >= 4 is 28.4 Å². The molecular formula is C30H27FN6O2. The molecule has 0 saturated carbocycles. The molecule has 9 heteroatoms. The largest absolute Gasteiger partial charge is 0.345 e. The molecule has 0 radical (unpaired) electrons. The van der Waals surface area contributed by atoms with E-state index in [0.717, 1.165) is 27.7 Å². The van der Waals surface area contributed by atoms with E-state index in [-0.39, 0.29) is 17.6 Å². The molecule has 0 unspecified atom stereocenters. The number of anilines is 1. The minimum Gasteiger partial charge on any atom is -0.345 e. The zero-order chi connectivity index (χ0) is 27.3. The number of aromatic nitrogens is 4. The van der Waals surface area contributed by atoms with Gasteiger partial charge in [-0.15, -0.1) is 0 Å². The molecule has 5 aromatic rings. The van der Waals surface area contributed by atoms with Crippen LogP contribution in [-0.4, -0.2) is 37.4 Å². The highest BCUT2D eigenvalue weighted by Gasteiger charge is 2.48. The molecule has 2 amide bonds. The molecule has 1 fully saturated rings. The first kappa shape index (κ1) is 24.5. The maximum Gasteiger partial charge on any atom is 0.272 e. The molecule has 3 atom stereocenters. The Hall–Kier alpha value is -4.79. The SMILES string of the molecule is Cc1cccc([C@@H]2[C@@H](NC(=O)c3ccn(C)n3)[C@H](C)C(=O)N2c2ccc3c(cnn3-c3ccc(F)cc3)c2)c1. The van der Waals surface area contributed by atoms with E-state index >= 15 is 0 Å². The van der Waals surface area contributed by atoms with E-state index < -0.39 is 18.0 Å². The lowest BCUT2D eigenvalue weighted by molar-refractivity contribution is -0.120. The Bertz CT molecular complexity index is 1710. The van der Waals surface area contributed by atoms with Crippen LogP contribution < -0.4 is 10.2 Å². The Morgan fingerprint density at radius 1 is 1.00 bits per heavy atom. The van der Waals surface area contributed by atoms with Crippen LogP contribution in [0.4, 0.5) is 10.1 Å². The normalized spacial score (nSPS) is 19.1. The number of hydrogen-bond donors (Lipinski definition) is 1. The molecule has 1 N–H and O–H groups in total. The lowest BCUT2D eigenvalue weighted by Crippen LogP contribution is -2.42. The van der Waals surface area contributed by atoms with Gasteiger partial charge in [-0.3, -0.25) is 14.3 Å². The monoisotopic (exact) mass is 522 g/mol. The molecule has 1 aliphatic heterocycles. The second kappa shape index (κ2) is 9.50. The second-order valence-electron chi connectivity index (χ2n) is 10.0. The summed E-state index contributed by atoms with van der Waals surface area (Å²) in [6.45, 7) is 3.85. The predicted molar refractivity (Wildman–Crippen MR) is 146 cm³/mol. The predicted octanol–water partition coefficient (Wildman–Crippen LogP) is 4.73. The standard InChI is InChI=1S/C30H27FN6O2/c1-18-5-4-6-20(15-18)28-27(33-29(38)25-13-14-35(3)34-25)19(2)30(39)36(28)24-11-12-26-21(16-24)17-32-37(26)23-9-7-22(31)8-10-23/h4-17,19,27-28H,1-3H3,(H,33,38)/t19-,27-,28+/m0/s1. The Labute approximate surface area is 224 Å². The first-order valence-corrected chi connectivity index (χ1v) is 12.7. The number of nitrogens with zero attached hydrogens (tertiary/aromatic N) is 5. The Morgan fingerprint density at radius 3 is 2.49 bits per heavy atom. The number of aryl methyl sites for hydroxylation is 2. The lowest BCUT2D eigenvalue weighted by atomic mass is 9.93. The van der Waals surface area contributed by atoms with Gasteiger partial charge in [0.15, 0.2) is 0 Å².